The third kappa shape index (κ3) is 2.17. The Labute approximate surface area is 88.5 Å². The first-order valence-electron chi connectivity index (χ1n) is 5.29. The molecule has 3 heteroatoms. The van der Waals surface area contributed by atoms with Crippen molar-refractivity contribution in [2.24, 2.45) is 0 Å². The van der Waals surface area contributed by atoms with Crippen molar-refractivity contribution >= 4 is 0 Å². The fourth-order valence-corrected chi connectivity index (χ4v) is 1.89. The average Bonchev–Trinajstić information content (AvgIpc) is 2.14. The van der Waals surface area contributed by atoms with Crippen LogP contribution < -0.4 is 5.32 Å². The average molecular weight is 211 g/mol. The van der Waals surface area contributed by atoms with Gasteiger partial charge in [-0.1, -0.05) is 6.07 Å². The van der Waals surface area contributed by atoms with Gasteiger partial charge in [0.1, 0.15) is 11.6 Å². The first-order chi connectivity index (χ1) is 7.11. The summed E-state index contributed by atoms with van der Waals surface area (Å²) < 4.78 is 26.5. The van der Waals surface area contributed by atoms with E-state index in [4.69, 9.17) is 0 Å². The van der Waals surface area contributed by atoms with Crippen LogP contribution >= 0.6 is 0 Å². The summed E-state index contributed by atoms with van der Waals surface area (Å²) in [6.45, 7) is 2.37. The van der Waals surface area contributed by atoms with Gasteiger partial charge in [-0.15, -0.1) is 0 Å². The number of halogens is 2. The molecule has 1 nitrogen and oxygen atoms in total. The minimum Gasteiger partial charge on any atom is -0.307 e. The molecule has 0 aromatic heterocycles. The second kappa shape index (κ2) is 3.89. The molecule has 1 aliphatic rings. The molecule has 0 radical (unpaired) electrons. The van der Waals surface area contributed by atoms with Crippen LogP contribution in [0, 0.1) is 11.6 Å². The van der Waals surface area contributed by atoms with E-state index in [1.807, 2.05) is 0 Å². The monoisotopic (exact) mass is 211 g/mol. The zero-order chi connectivity index (χ0) is 10.9. The second-order valence-electron chi connectivity index (χ2n) is 4.47. The molecule has 1 N–H and O–H groups in total. The van der Waals surface area contributed by atoms with Crippen molar-refractivity contribution in [1.29, 1.82) is 0 Å². The van der Waals surface area contributed by atoms with Gasteiger partial charge in [0, 0.05) is 17.6 Å². The van der Waals surface area contributed by atoms with Gasteiger partial charge < -0.3 is 5.32 Å². The first-order valence-corrected chi connectivity index (χ1v) is 5.29. The molecule has 1 fully saturated rings. The van der Waals surface area contributed by atoms with E-state index in [1.54, 1.807) is 0 Å². The van der Waals surface area contributed by atoms with Crippen molar-refractivity contribution in [3.8, 4) is 0 Å². The van der Waals surface area contributed by atoms with Crippen LogP contribution in [0.15, 0.2) is 18.2 Å². The zero-order valence-electron chi connectivity index (χ0n) is 8.82. The lowest BCUT2D eigenvalue weighted by molar-refractivity contribution is 0.205. The molecule has 2 rings (SSSR count). The molecule has 1 saturated carbocycles. The molecule has 0 aliphatic heterocycles. The van der Waals surface area contributed by atoms with Crippen LogP contribution in [0.4, 0.5) is 8.78 Å². The summed E-state index contributed by atoms with van der Waals surface area (Å²) in [7, 11) is 0. The maximum absolute atomic E-state index is 13.3. The quantitative estimate of drug-likeness (QED) is 0.810. The SMILES string of the molecule is CC1(NCc2c(F)cccc2F)CCC1. The third-order valence-electron chi connectivity index (χ3n) is 3.21. The van der Waals surface area contributed by atoms with E-state index in [2.05, 4.69) is 12.2 Å². The van der Waals surface area contributed by atoms with Gasteiger partial charge in [-0.25, -0.2) is 8.78 Å². The first kappa shape index (κ1) is 10.6. The van der Waals surface area contributed by atoms with Gasteiger partial charge in [0.05, 0.1) is 0 Å². The van der Waals surface area contributed by atoms with Gasteiger partial charge in [-0.05, 0) is 38.3 Å². The predicted molar refractivity (Wildman–Crippen MR) is 55.5 cm³/mol. The van der Waals surface area contributed by atoms with Crippen molar-refractivity contribution in [3.05, 3.63) is 35.4 Å². The molecule has 1 aliphatic carbocycles. The van der Waals surface area contributed by atoms with Crippen LogP contribution in [0.2, 0.25) is 0 Å². The topological polar surface area (TPSA) is 12.0 Å². The Morgan fingerprint density at radius 3 is 2.33 bits per heavy atom. The largest absolute Gasteiger partial charge is 0.307 e. The van der Waals surface area contributed by atoms with Crippen LogP contribution in [0.5, 0.6) is 0 Å². The Balaban J connectivity index is 2.04. The number of hydrogen-bond donors (Lipinski definition) is 1. The van der Waals surface area contributed by atoms with Gasteiger partial charge in [-0.3, -0.25) is 0 Å². The molecule has 0 spiro atoms. The van der Waals surface area contributed by atoms with Crippen molar-refractivity contribution in [3.63, 3.8) is 0 Å². The summed E-state index contributed by atoms with van der Waals surface area (Å²) in [5.41, 5.74) is 0.222. The molecular formula is C12H15F2N. The van der Waals surface area contributed by atoms with E-state index in [1.165, 1.54) is 24.6 Å². The number of rotatable bonds is 3. The van der Waals surface area contributed by atoms with Gasteiger partial charge in [0.15, 0.2) is 0 Å². The summed E-state index contributed by atoms with van der Waals surface area (Å²) in [5, 5.41) is 3.21. The molecule has 0 amide bonds. The highest BCUT2D eigenvalue weighted by Gasteiger charge is 2.31. The van der Waals surface area contributed by atoms with Crippen LogP contribution in [-0.4, -0.2) is 5.54 Å². The van der Waals surface area contributed by atoms with Gasteiger partial charge >= 0.3 is 0 Å². The van der Waals surface area contributed by atoms with E-state index in [9.17, 15) is 8.78 Å². The fourth-order valence-electron chi connectivity index (χ4n) is 1.89. The van der Waals surface area contributed by atoms with Crippen molar-refractivity contribution in [2.45, 2.75) is 38.3 Å². The Kier molecular flexibility index (Phi) is 2.74. The Bertz CT molecular complexity index is 338. The van der Waals surface area contributed by atoms with Gasteiger partial charge in [0.25, 0.3) is 0 Å². The smallest absolute Gasteiger partial charge is 0.130 e. The minimum absolute atomic E-state index is 0.0781. The molecular weight excluding hydrogens is 196 g/mol. The lowest BCUT2D eigenvalue weighted by Crippen LogP contribution is -2.47. The van der Waals surface area contributed by atoms with Crippen LogP contribution in [0.25, 0.3) is 0 Å². The lowest BCUT2D eigenvalue weighted by atomic mass is 9.78. The molecule has 82 valence electrons. The standard InChI is InChI=1S/C12H15F2N/c1-12(6-3-7-12)15-8-9-10(13)4-2-5-11(9)14/h2,4-5,15H,3,6-8H2,1H3. The molecule has 0 unspecified atom stereocenters. The van der Waals surface area contributed by atoms with Crippen molar-refractivity contribution < 1.29 is 8.78 Å². The molecule has 0 heterocycles. The normalized spacial score (nSPS) is 18.6. The zero-order valence-corrected chi connectivity index (χ0v) is 8.82. The summed E-state index contributed by atoms with van der Waals surface area (Å²) >= 11 is 0. The molecule has 0 saturated heterocycles. The van der Waals surface area contributed by atoms with E-state index in [-0.39, 0.29) is 17.6 Å². The van der Waals surface area contributed by atoms with E-state index in [0.29, 0.717) is 0 Å². The highest BCUT2D eigenvalue weighted by molar-refractivity contribution is 5.19. The van der Waals surface area contributed by atoms with Gasteiger partial charge in [-0.2, -0.15) is 0 Å². The highest BCUT2D eigenvalue weighted by Crippen LogP contribution is 2.31. The minimum atomic E-state index is -0.467. The van der Waals surface area contributed by atoms with E-state index < -0.39 is 11.6 Å². The summed E-state index contributed by atoms with van der Waals surface area (Å²) in [6.07, 6.45) is 3.37. The Hall–Kier alpha value is -0.960. The lowest BCUT2D eigenvalue weighted by Gasteiger charge is -2.39. The highest BCUT2D eigenvalue weighted by atomic mass is 19.1. The number of hydrogen-bond acceptors (Lipinski definition) is 1. The molecule has 0 atom stereocenters. The Morgan fingerprint density at radius 1 is 1.27 bits per heavy atom. The number of nitrogens with one attached hydrogen (secondary N) is 1. The summed E-state index contributed by atoms with van der Waals surface area (Å²) in [5.74, 6) is -0.934. The third-order valence-corrected chi connectivity index (χ3v) is 3.21. The fraction of sp³-hybridized carbons (Fsp3) is 0.500. The molecule has 15 heavy (non-hydrogen) atoms. The number of benzene rings is 1. The van der Waals surface area contributed by atoms with Crippen molar-refractivity contribution in [2.75, 3.05) is 0 Å². The maximum Gasteiger partial charge on any atom is 0.130 e. The van der Waals surface area contributed by atoms with E-state index in [0.717, 1.165) is 12.8 Å². The van der Waals surface area contributed by atoms with Crippen molar-refractivity contribution in [1.82, 2.24) is 5.32 Å². The Morgan fingerprint density at radius 2 is 1.87 bits per heavy atom. The molecule has 1 aromatic rings. The van der Waals surface area contributed by atoms with Gasteiger partial charge in [0.2, 0.25) is 0 Å². The maximum atomic E-state index is 13.3. The van der Waals surface area contributed by atoms with Crippen LogP contribution in [-0.2, 0) is 6.54 Å². The molecule has 1 aromatic carbocycles. The second-order valence-corrected chi connectivity index (χ2v) is 4.47. The van der Waals surface area contributed by atoms with Crippen LogP contribution in [0.1, 0.15) is 31.7 Å². The van der Waals surface area contributed by atoms with Crippen LogP contribution in [0.3, 0.4) is 0 Å². The summed E-state index contributed by atoms with van der Waals surface area (Å²) in [4.78, 5) is 0. The molecule has 0 bridgehead atoms. The van der Waals surface area contributed by atoms with E-state index >= 15 is 0 Å². The predicted octanol–water partition coefficient (Wildman–Crippen LogP) is 3.00. The summed E-state index contributed by atoms with van der Waals surface area (Å²) in [6, 6.07) is 3.98.